The van der Waals surface area contributed by atoms with Crippen LogP contribution in [0.4, 0.5) is 0 Å². The van der Waals surface area contributed by atoms with Gasteiger partial charge in [0.15, 0.2) is 0 Å². The van der Waals surface area contributed by atoms with Gasteiger partial charge in [-0.2, -0.15) is 0 Å². The Labute approximate surface area is 202 Å². The molecule has 1 aromatic heterocycles. The molecule has 2 heterocycles. The second-order valence-electron chi connectivity index (χ2n) is 8.71. The highest BCUT2D eigenvalue weighted by atomic mass is 35.5. The van der Waals surface area contributed by atoms with E-state index >= 15 is 0 Å². The van der Waals surface area contributed by atoms with Gasteiger partial charge in [0.05, 0.1) is 12.6 Å². The van der Waals surface area contributed by atoms with E-state index in [9.17, 15) is 5.11 Å². The molecule has 1 saturated heterocycles. The van der Waals surface area contributed by atoms with Crippen LogP contribution in [0, 0.1) is 0 Å². The van der Waals surface area contributed by atoms with Gasteiger partial charge >= 0.3 is 0 Å². The Kier molecular flexibility index (Phi) is 7.84. The predicted octanol–water partition coefficient (Wildman–Crippen LogP) is 4.91. The summed E-state index contributed by atoms with van der Waals surface area (Å²) >= 11 is 0. The Morgan fingerprint density at radius 3 is 1.88 bits per heavy atom. The quantitative estimate of drug-likeness (QED) is 0.424. The number of aliphatic hydroxyl groups excluding tert-OH is 1. The van der Waals surface area contributed by atoms with Crippen LogP contribution in [-0.2, 0) is 6.54 Å². The zero-order valence-electron chi connectivity index (χ0n) is 18.9. The first kappa shape index (κ1) is 23.5. The highest BCUT2D eigenvalue weighted by molar-refractivity contribution is 6.07. The van der Waals surface area contributed by atoms with Crippen LogP contribution >= 0.6 is 12.4 Å². The first-order chi connectivity index (χ1) is 15.8. The molecule has 4 aromatic rings. The average molecular weight is 462 g/mol. The first-order valence-electron chi connectivity index (χ1n) is 11.6. The molecule has 172 valence electrons. The smallest absolute Gasteiger partial charge is 0.0845 e. The van der Waals surface area contributed by atoms with Crippen molar-refractivity contribution in [1.29, 1.82) is 0 Å². The average Bonchev–Trinajstić information content (AvgIpc) is 3.15. The van der Waals surface area contributed by atoms with E-state index in [1.165, 1.54) is 27.4 Å². The number of piperazine rings is 1. The SMILES string of the molecule is Cl.OC(CN1CCN(C/C=C/c2ccccc2)CC1)Cn1c2ccccc2c2ccccc21. The third-order valence-electron chi connectivity index (χ3n) is 6.48. The Morgan fingerprint density at radius 2 is 1.24 bits per heavy atom. The lowest BCUT2D eigenvalue weighted by molar-refractivity contribution is 0.0688. The highest BCUT2D eigenvalue weighted by Crippen LogP contribution is 2.28. The molecule has 0 radical (unpaired) electrons. The molecule has 0 spiro atoms. The molecule has 0 aliphatic carbocycles. The summed E-state index contributed by atoms with van der Waals surface area (Å²) in [4.78, 5) is 4.88. The monoisotopic (exact) mass is 461 g/mol. The summed E-state index contributed by atoms with van der Waals surface area (Å²) in [5.41, 5.74) is 3.64. The van der Waals surface area contributed by atoms with Gasteiger partial charge in [-0.3, -0.25) is 9.80 Å². The molecule has 3 aromatic carbocycles. The number of fused-ring (bicyclic) bond motifs is 3. The number of β-amino-alcohol motifs (C(OH)–C–C–N with tert-alkyl or cyclic N) is 1. The number of para-hydroxylation sites is 2. The molecule has 1 unspecified atom stereocenters. The van der Waals surface area contributed by atoms with Crippen LogP contribution in [0.15, 0.2) is 84.9 Å². The fourth-order valence-corrected chi connectivity index (χ4v) is 4.82. The molecule has 1 aliphatic rings. The maximum Gasteiger partial charge on any atom is 0.0845 e. The van der Waals surface area contributed by atoms with E-state index in [1.807, 2.05) is 6.07 Å². The van der Waals surface area contributed by atoms with Gasteiger partial charge in [-0.1, -0.05) is 78.9 Å². The molecule has 0 bridgehead atoms. The number of hydrogen-bond acceptors (Lipinski definition) is 3. The second kappa shape index (κ2) is 11.0. The fourth-order valence-electron chi connectivity index (χ4n) is 4.82. The number of benzene rings is 3. The molecular formula is C28H32ClN3O. The molecule has 0 amide bonds. The molecule has 4 nitrogen and oxygen atoms in total. The number of aromatic nitrogens is 1. The van der Waals surface area contributed by atoms with Crippen molar-refractivity contribution < 1.29 is 5.11 Å². The van der Waals surface area contributed by atoms with E-state index in [0.29, 0.717) is 13.1 Å². The van der Waals surface area contributed by atoms with Crippen molar-refractivity contribution in [2.45, 2.75) is 12.6 Å². The minimum atomic E-state index is -0.390. The summed E-state index contributed by atoms with van der Waals surface area (Å²) < 4.78 is 2.28. The van der Waals surface area contributed by atoms with Gasteiger partial charge in [0.1, 0.15) is 0 Å². The number of nitrogens with zero attached hydrogens (tertiary/aromatic N) is 3. The summed E-state index contributed by atoms with van der Waals surface area (Å²) in [5, 5.41) is 13.5. The lowest BCUT2D eigenvalue weighted by Gasteiger charge is -2.35. The third-order valence-corrected chi connectivity index (χ3v) is 6.48. The second-order valence-corrected chi connectivity index (χ2v) is 8.71. The topological polar surface area (TPSA) is 31.6 Å². The van der Waals surface area contributed by atoms with Gasteiger partial charge in [-0.25, -0.2) is 0 Å². The van der Waals surface area contributed by atoms with Gasteiger partial charge in [-0.15, -0.1) is 12.4 Å². The Balaban J connectivity index is 0.00000259. The number of hydrogen-bond donors (Lipinski definition) is 1. The van der Waals surface area contributed by atoms with Gasteiger partial charge in [0, 0.05) is 61.1 Å². The molecular weight excluding hydrogens is 430 g/mol. The van der Waals surface area contributed by atoms with Crippen LogP contribution < -0.4 is 0 Å². The van der Waals surface area contributed by atoms with Crippen molar-refractivity contribution >= 4 is 40.3 Å². The van der Waals surface area contributed by atoms with E-state index < -0.39 is 6.10 Å². The predicted molar refractivity (Wildman–Crippen MR) is 141 cm³/mol. The van der Waals surface area contributed by atoms with E-state index in [-0.39, 0.29) is 12.4 Å². The van der Waals surface area contributed by atoms with Crippen molar-refractivity contribution in [3.05, 3.63) is 90.5 Å². The fraction of sp³-hybridized carbons (Fsp3) is 0.286. The maximum absolute atomic E-state index is 10.9. The molecule has 5 rings (SSSR count). The Hall–Kier alpha value is -2.63. The summed E-state index contributed by atoms with van der Waals surface area (Å²) in [6.45, 7) is 6.41. The van der Waals surface area contributed by atoms with Crippen LogP contribution in [0.5, 0.6) is 0 Å². The summed E-state index contributed by atoms with van der Waals surface area (Å²) in [5.74, 6) is 0. The van der Waals surface area contributed by atoms with Crippen LogP contribution in [0.25, 0.3) is 27.9 Å². The molecule has 1 aliphatic heterocycles. The van der Waals surface area contributed by atoms with Crippen molar-refractivity contribution in [2.24, 2.45) is 0 Å². The third kappa shape index (κ3) is 5.48. The Morgan fingerprint density at radius 1 is 0.697 bits per heavy atom. The van der Waals surface area contributed by atoms with Gasteiger partial charge in [0.25, 0.3) is 0 Å². The standard InChI is InChI=1S/C28H31N3O.ClH/c32-24(22-31-27-14-6-4-12-25(27)26-13-5-7-15-28(26)31)21-30-19-17-29(18-20-30)16-8-11-23-9-2-1-3-10-23;/h1-15,24,32H,16-22H2;1H/b11-8+;. The highest BCUT2D eigenvalue weighted by Gasteiger charge is 2.20. The molecule has 33 heavy (non-hydrogen) atoms. The molecule has 1 N–H and O–H groups in total. The zero-order chi connectivity index (χ0) is 21.8. The van der Waals surface area contributed by atoms with Crippen LogP contribution in [0.3, 0.4) is 0 Å². The van der Waals surface area contributed by atoms with Crippen molar-refractivity contribution in [3.8, 4) is 0 Å². The Bertz CT molecular complexity index is 1140. The van der Waals surface area contributed by atoms with E-state index in [4.69, 9.17) is 0 Å². The van der Waals surface area contributed by atoms with E-state index in [0.717, 1.165) is 32.7 Å². The number of halogens is 1. The van der Waals surface area contributed by atoms with Crippen molar-refractivity contribution in [1.82, 2.24) is 14.4 Å². The zero-order valence-corrected chi connectivity index (χ0v) is 19.7. The minimum absolute atomic E-state index is 0. The maximum atomic E-state index is 10.9. The largest absolute Gasteiger partial charge is 0.390 e. The molecule has 1 atom stereocenters. The molecule has 1 fully saturated rings. The van der Waals surface area contributed by atoms with Crippen molar-refractivity contribution in [3.63, 3.8) is 0 Å². The minimum Gasteiger partial charge on any atom is -0.390 e. The van der Waals surface area contributed by atoms with E-state index in [2.05, 4.69) is 99.3 Å². The van der Waals surface area contributed by atoms with Crippen LogP contribution in [-0.4, -0.2) is 64.8 Å². The molecule has 5 heteroatoms. The van der Waals surface area contributed by atoms with E-state index in [1.54, 1.807) is 0 Å². The lowest BCUT2D eigenvalue weighted by Crippen LogP contribution is -2.48. The van der Waals surface area contributed by atoms with Crippen LogP contribution in [0.1, 0.15) is 5.56 Å². The summed E-state index contributed by atoms with van der Waals surface area (Å²) in [7, 11) is 0. The van der Waals surface area contributed by atoms with Gasteiger partial charge in [-0.05, 0) is 17.7 Å². The molecule has 0 saturated carbocycles. The summed E-state index contributed by atoms with van der Waals surface area (Å²) in [6.07, 6.45) is 4.06. The summed E-state index contributed by atoms with van der Waals surface area (Å²) in [6, 6.07) is 27.4. The number of rotatable bonds is 7. The van der Waals surface area contributed by atoms with Crippen molar-refractivity contribution in [2.75, 3.05) is 39.3 Å². The van der Waals surface area contributed by atoms with Crippen LogP contribution in [0.2, 0.25) is 0 Å². The van der Waals surface area contributed by atoms with Gasteiger partial charge < -0.3 is 9.67 Å². The first-order valence-corrected chi connectivity index (χ1v) is 11.6. The normalized spacial score (nSPS) is 16.4. The lowest BCUT2D eigenvalue weighted by atomic mass is 10.2. The number of aliphatic hydroxyl groups is 1. The van der Waals surface area contributed by atoms with Gasteiger partial charge in [0.2, 0.25) is 0 Å².